The molecule has 0 radical (unpaired) electrons. The quantitative estimate of drug-likeness (QED) is 0.0294. The molecule has 0 aromatic carbocycles. The molecule has 10 heteroatoms. The SMILES string of the molecule is CC/C=C\C/C=C\C/C=C\C/C=C\CCCCCCCCC(=O)OC(COC(=O)CCCCCCCCCCC)COC1OC(CO)C(O)C(O)C1O. The van der Waals surface area contributed by atoms with E-state index in [0.717, 1.165) is 83.5 Å². The highest BCUT2D eigenvalue weighted by molar-refractivity contribution is 5.70. The van der Waals surface area contributed by atoms with E-state index in [1.54, 1.807) is 0 Å². The summed E-state index contributed by atoms with van der Waals surface area (Å²) in [4.78, 5) is 25.2. The molecule has 0 bridgehead atoms. The normalized spacial score (nSPS) is 21.4. The van der Waals surface area contributed by atoms with Crippen LogP contribution in [0.1, 0.15) is 155 Å². The van der Waals surface area contributed by atoms with Crippen molar-refractivity contribution < 1.29 is 49.0 Å². The number of ether oxygens (including phenoxy) is 4. The van der Waals surface area contributed by atoms with Gasteiger partial charge in [0.05, 0.1) is 13.2 Å². The Morgan fingerprint density at radius 3 is 1.68 bits per heavy atom. The summed E-state index contributed by atoms with van der Waals surface area (Å²) in [7, 11) is 0. The molecule has 1 rings (SSSR count). The van der Waals surface area contributed by atoms with Crippen LogP contribution in [0, 0.1) is 0 Å². The largest absolute Gasteiger partial charge is 0.462 e. The minimum atomic E-state index is -1.60. The Kier molecular flexibility index (Phi) is 31.4. The second-order valence-corrected chi connectivity index (χ2v) is 14.1. The van der Waals surface area contributed by atoms with Crippen molar-refractivity contribution in [1.82, 2.24) is 0 Å². The van der Waals surface area contributed by atoms with Gasteiger partial charge in [0, 0.05) is 12.8 Å². The highest BCUT2D eigenvalue weighted by atomic mass is 16.7. The van der Waals surface area contributed by atoms with Crippen LogP contribution in [0.4, 0.5) is 0 Å². The van der Waals surface area contributed by atoms with Gasteiger partial charge in [-0.2, -0.15) is 0 Å². The molecule has 10 nitrogen and oxygen atoms in total. The lowest BCUT2D eigenvalue weighted by atomic mass is 9.99. The Morgan fingerprint density at radius 1 is 0.604 bits per heavy atom. The molecular weight excluding hydrogens is 676 g/mol. The monoisotopic (exact) mass is 751 g/mol. The maximum atomic E-state index is 12.7. The predicted octanol–water partition coefficient (Wildman–Crippen LogP) is 8.10. The standard InChI is InChI=1S/C43H74O10/c1-3-5-7-9-11-13-14-15-16-17-18-19-20-21-22-24-26-28-30-32-39(46)52-36(35-51-43-42(49)41(48)40(47)37(33-44)53-43)34-50-38(45)31-29-27-25-23-12-10-8-6-4-2/h5,7,11,13,15-16,18-19,36-37,40-44,47-49H,3-4,6,8-10,12,14,17,20-35H2,1-2H3/b7-5-,13-11-,16-15-,19-18-. The summed E-state index contributed by atoms with van der Waals surface area (Å²) in [5.41, 5.74) is 0. The number of carbonyl (C=O) groups is 2. The lowest BCUT2D eigenvalue weighted by Gasteiger charge is -2.39. The van der Waals surface area contributed by atoms with Crippen molar-refractivity contribution in [2.24, 2.45) is 0 Å². The van der Waals surface area contributed by atoms with Gasteiger partial charge in [-0.1, -0.05) is 140 Å². The van der Waals surface area contributed by atoms with Gasteiger partial charge in [-0.25, -0.2) is 0 Å². The first-order chi connectivity index (χ1) is 25.8. The number of aliphatic hydroxyl groups excluding tert-OH is 4. The van der Waals surface area contributed by atoms with E-state index in [1.165, 1.54) is 38.5 Å². The van der Waals surface area contributed by atoms with Gasteiger partial charge < -0.3 is 39.4 Å². The van der Waals surface area contributed by atoms with Gasteiger partial charge >= 0.3 is 11.9 Å². The highest BCUT2D eigenvalue weighted by Crippen LogP contribution is 2.22. The molecular formula is C43H74O10. The molecule has 1 fully saturated rings. The molecule has 0 amide bonds. The van der Waals surface area contributed by atoms with Gasteiger partial charge in [0.1, 0.15) is 31.0 Å². The molecule has 1 saturated heterocycles. The maximum absolute atomic E-state index is 12.7. The summed E-state index contributed by atoms with van der Waals surface area (Å²) in [6, 6.07) is 0. The number of rotatable bonds is 33. The van der Waals surface area contributed by atoms with E-state index >= 15 is 0 Å². The Balaban J connectivity index is 2.35. The molecule has 4 N–H and O–H groups in total. The number of carbonyl (C=O) groups excluding carboxylic acids is 2. The van der Waals surface area contributed by atoms with Crippen molar-refractivity contribution in [1.29, 1.82) is 0 Å². The zero-order chi connectivity index (χ0) is 38.8. The highest BCUT2D eigenvalue weighted by Gasteiger charge is 2.44. The van der Waals surface area contributed by atoms with Crippen LogP contribution in [0.2, 0.25) is 0 Å². The topological polar surface area (TPSA) is 152 Å². The first kappa shape index (κ1) is 48.7. The number of esters is 2. The first-order valence-electron chi connectivity index (χ1n) is 20.7. The minimum Gasteiger partial charge on any atom is -0.462 e. The van der Waals surface area contributed by atoms with E-state index in [1.807, 2.05) is 0 Å². The molecule has 0 aromatic heterocycles. The molecule has 1 aliphatic rings. The molecule has 0 aromatic rings. The van der Waals surface area contributed by atoms with E-state index in [4.69, 9.17) is 18.9 Å². The van der Waals surface area contributed by atoms with Crippen LogP contribution in [-0.4, -0.2) is 89.0 Å². The van der Waals surface area contributed by atoms with Crippen molar-refractivity contribution in [2.45, 2.75) is 192 Å². The van der Waals surface area contributed by atoms with Crippen LogP contribution in [0.5, 0.6) is 0 Å². The van der Waals surface area contributed by atoms with E-state index in [0.29, 0.717) is 6.42 Å². The number of allylic oxidation sites excluding steroid dienone is 8. The molecule has 1 aliphatic heterocycles. The van der Waals surface area contributed by atoms with E-state index in [2.05, 4.69) is 62.5 Å². The summed E-state index contributed by atoms with van der Waals surface area (Å²) in [6.45, 7) is 3.25. The molecule has 0 spiro atoms. The first-order valence-corrected chi connectivity index (χ1v) is 20.7. The summed E-state index contributed by atoms with van der Waals surface area (Å²) < 4.78 is 22.1. The number of hydrogen-bond acceptors (Lipinski definition) is 10. The minimum absolute atomic E-state index is 0.213. The van der Waals surface area contributed by atoms with Crippen molar-refractivity contribution in [3.8, 4) is 0 Å². The Bertz CT molecular complexity index is 1010. The summed E-state index contributed by atoms with van der Waals surface area (Å²) in [6.07, 6.45) is 31.2. The van der Waals surface area contributed by atoms with Crippen LogP contribution >= 0.6 is 0 Å². The molecule has 6 atom stereocenters. The molecule has 0 aliphatic carbocycles. The van der Waals surface area contributed by atoms with Crippen LogP contribution in [0.3, 0.4) is 0 Å². The zero-order valence-corrected chi connectivity index (χ0v) is 33.0. The molecule has 306 valence electrons. The second kappa shape index (κ2) is 34.2. The van der Waals surface area contributed by atoms with Crippen LogP contribution in [-0.2, 0) is 28.5 Å². The number of hydrogen-bond donors (Lipinski definition) is 4. The van der Waals surface area contributed by atoms with Gasteiger partial charge in [-0.3, -0.25) is 9.59 Å². The second-order valence-electron chi connectivity index (χ2n) is 14.1. The van der Waals surface area contributed by atoms with E-state index in [9.17, 15) is 30.0 Å². The van der Waals surface area contributed by atoms with E-state index < -0.39 is 49.4 Å². The Morgan fingerprint density at radius 2 is 1.11 bits per heavy atom. The van der Waals surface area contributed by atoms with Crippen LogP contribution in [0.15, 0.2) is 48.6 Å². The zero-order valence-electron chi connectivity index (χ0n) is 33.0. The van der Waals surface area contributed by atoms with Crippen LogP contribution in [0.25, 0.3) is 0 Å². The Labute approximate surface area is 320 Å². The molecule has 1 heterocycles. The number of unbranched alkanes of at least 4 members (excludes halogenated alkanes) is 14. The van der Waals surface area contributed by atoms with Gasteiger partial charge in [0.25, 0.3) is 0 Å². The van der Waals surface area contributed by atoms with Crippen LogP contribution < -0.4 is 0 Å². The fraction of sp³-hybridized carbons (Fsp3) is 0.767. The summed E-state index contributed by atoms with van der Waals surface area (Å²) >= 11 is 0. The van der Waals surface area contributed by atoms with Gasteiger partial charge in [-0.05, 0) is 51.4 Å². The smallest absolute Gasteiger partial charge is 0.306 e. The van der Waals surface area contributed by atoms with Crippen molar-refractivity contribution in [3.05, 3.63) is 48.6 Å². The Hall–Kier alpha value is -2.34. The average Bonchev–Trinajstić information content (AvgIpc) is 3.15. The molecule has 0 saturated carbocycles. The molecule has 53 heavy (non-hydrogen) atoms. The summed E-state index contributed by atoms with van der Waals surface area (Å²) in [5, 5.41) is 39.9. The third-order valence-electron chi connectivity index (χ3n) is 9.23. The maximum Gasteiger partial charge on any atom is 0.306 e. The summed E-state index contributed by atoms with van der Waals surface area (Å²) in [5.74, 6) is -0.828. The third-order valence-corrected chi connectivity index (χ3v) is 9.23. The predicted molar refractivity (Wildman–Crippen MR) is 210 cm³/mol. The van der Waals surface area contributed by atoms with Gasteiger partial charge in [0.15, 0.2) is 12.4 Å². The fourth-order valence-electron chi connectivity index (χ4n) is 5.94. The van der Waals surface area contributed by atoms with E-state index in [-0.39, 0.29) is 32.0 Å². The van der Waals surface area contributed by atoms with Crippen molar-refractivity contribution >= 4 is 11.9 Å². The van der Waals surface area contributed by atoms with Gasteiger partial charge in [0.2, 0.25) is 0 Å². The lowest BCUT2D eigenvalue weighted by molar-refractivity contribution is -0.305. The lowest BCUT2D eigenvalue weighted by Crippen LogP contribution is -2.59. The van der Waals surface area contributed by atoms with Crippen molar-refractivity contribution in [3.63, 3.8) is 0 Å². The average molecular weight is 751 g/mol. The third kappa shape index (κ3) is 26.2. The molecule has 6 unspecified atom stereocenters. The fourth-order valence-corrected chi connectivity index (χ4v) is 5.94. The van der Waals surface area contributed by atoms with Gasteiger partial charge in [-0.15, -0.1) is 0 Å². The van der Waals surface area contributed by atoms with Crippen molar-refractivity contribution in [2.75, 3.05) is 19.8 Å². The number of aliphatic hydroxyl groups is 4.